The Hall–Kier alpha value is -3.44. The Kier molecular flexibility index (Phi) is 5.68. The number of aryl methyl sites for hydroxylation is 1. The zero-order chi connectivity index (χ0) is 20.1. The third-order valence-corrected chi connectivity index (χ3v) is 5.20. The summed E-state index contributed by atoms with van der Waals surface area (Å²) in [7, 11) is 0. The first kappa shape index (κ1) is 18.9. The van der Waals surface area contributed by atoms with E-state index in [4.69, 9.17) is 4.74 Å². The lowest BCUT2D eigenvalue weighted by Gasteiger charge is -2.11. The third kappa shape index (κ3) is 4.70. The number of anilines is 1. The molecule has 4 rings (SSSR count). The van der Waals surface area contributed by atoms with E-state index in [2.05, 4.69) is 10.3 Å². The zero-order valence-electron chi connectivity index (χ0n) is 16.0. The molecule has 0 aliphatic rings. The Morgan fingerprint density at radius 1 is 0.966 bits per heavy atom. The molecule has 0 bridgehead atoms. The van der Waals surface area contributed by atoms with Crippen LogP contribution in [0.2, 0.25) is 0 Å². The lowest BCUT2D eigenvalue weighted by atomic mass is 10.1. The van der Waals surface area contributed by atoms with Gasteiger partial charge in [0.05, 0.1) is 11.3 Å². The number of amides is 1. The van der Waals surface area contributed by atoms with Crippen LogP contribution in [0.3, 0.4) is 0 Å². The van der Waals surface area contributed by atoms with Crippen molar-refractivity contribution in [2.45, 2.75) is 13.5 Å². The normalized spacial score (nSPS) is 10.5. The van der Waals surface area contributed by atoms with Crippen molar-refractivity contribution in [3.05, 3.63) is 101 Å². The van der Waals surface area contributed by atoms with E-state index in [1.807, 2.05) is 79.0 Å². The number of benzene rings is 3. The van der Waals surface area contributed by atoms with Gasteiger partial charge in [-0.1, -0.05) is 72.3 Å². The number of ether oxygens (including phenoxy) is 1. The van der Waals surface area contributed by atoms with E-state index < -0.39 is 0 Å². The number of nitrogens with zero attached hydrogens (tertiary/aromatic N) is 1. The van der Waals surface area contributed by atoms with Gasteiger partial charge in [-0.05, 0) is 24.6 Å². The van der Waals surface area contributed by atoms with Crippen LogP contribution in [0.15, 0.2) is 84.2 Å². The van der Waals surface area contributed by atoms with Gasteiger partial charge in [-0.25, -0.2) is 4.98 Å². The third-order valence-electron chi connectivity index (χ3n) is 4.44. The summed E-state index contributed by atoms with van der Waals surface area (Å²) in [4.78, 5) is 17.4. The first-order valence-corrected chi connectivity index (χ1v) is 10.2. The van der Waals surface area contributed by atoms with Crippen molar-refractivity contribution in [1.29, 1.82) is 0 Å². The van der Waals surface area contributed by atoms with E-state index in [0.29, 0.717) is 23.1 Å². The molecule has 144 valence electrons. The molecule has 1 aromatic heterocycles. The molecule has 0 unspecified atom stereocenters. The lowest BCUT2D eigenvalue weighted by Crippen LogP contribution is -2.13. The number of hydrogen-bond acceptors (Lipinski definition) is 4. The first-order chi connectivity index (χ1) is 14.2. The average molecular weight is 401 g/mol. The number of rotatable bonds is 6. The van der Waals surface area contributed by atoms with Crippen LogP contribution in [0.5, 0.6) is 5.75 Å². The number of thiazole rings is 1. The molecule has 4 nitrogen and oxygen atoms in total. The van der Waals surface area contributed by atoms with E-state index in [1.54, 1.807) is 12.1 Å². The second-order valence-corrected chi connectivity index (χ2v) is 7.49. The van der Waals surface area contributed by atoms with Gasteiger partial charge >= 0.3 is 0 Å². The van der Waals surface area contributed by atoms with E-state index in [1.165, 1.54) is 16.9 Å². The molecule has 4 aromatic rings. The Morgan fingerprint density at radius 3 is 2.48 bits per heavy atom. The van der Waals surface area contributed by atoms with Crippen LogP contribution in [0, 0.1) is 6.92 Å². The molecule has 0 saturated carbocycles. The maximum Gasteiger partial charge on any atom is 0.261 e. The van der Waals surface area contributed by atoms with Crippen molar-refractivity contribution in [2.75, 3.05) is 5.32 Å². The highest BCUT2D eigenvalue weighted by molar-refractivity contribution is 7.14. The molecule has 0 spiro atoms. The molecule has 1 amide bonds. The summed E-state index contributed by atoms with van der Waals surface area (Å²) in [6, 6.07) is 25.3. The van der Waals surface area contributed by atoms with Gasteiger partial charge in [0.1, 0.15) is 12.4 Å². The maximum absolute atomic E-state index is 12.8. The van der Waals surface area contributed by atoms with E-state index in [-0.39, 0.29) is 5.91 Å². The number of nitrogens with one attached hydrogen (secondary N) is 1. The molecule has 5 heteroatoms. The van der Waals surface area contributed by atoms with Crippen LogP contribution in [0.1, 0.15) is 21.5 Å². The topological polar surface area (TPSA) is 51.2 Å². The lowest BCUT2D eigenvalue weighted by molar-refractivity contribution is 0.102. The van der Waals surface area contributed by atoms with Gasteiger partial charge in [0.2, 0.25) is 0 Å². The van der Waals surface area contributed by atoms with Gasteiger partial charge in [0.15, 0.2) is 5.13 Å². The molecule has 0 aliphatic carbocycles. The average Bonchev–Trinajstić information content (AvgIpc) is 3.22. The molecule has 1 N–H and O–H groups in total. The van der Waals surface area contributed by atoms with E-state index >= 15 is 0 Å². The molecule has 0 fully saturated rings. The van der Waals surface area contributed by atoms with E-state index in [9.17, 15) is 4.79 Å². The van der Waals surface area contributed by atoms with Crippen LogP contribution < -0.4 is 10.1 Å². The smallest absolute Gasteiger partial charge is 0.261 e. The highest BCUT2D eigenvalue weighted by atomic mass is 32.1. The number of para-hydroxylation sites is 1. The summed E-state index contributed by atoms with van der Waals surface area (Å²) in [5.74, 6) is 0.308. The summed E-state index contributed by atoms with van der Waals surface area (Å²) in [6.45, 7) is 2.45. The van der Waals surface area contributed by atoms with Gasteiger partial charge in [0, 0.05) is 10.9 Å². The van der Waals surface area contributed by atoms with Crippen molar-refractivity contribution in [3.8, 4) is 17.0 Å². The molecule has 0 aliphatic heterocycles. The van der Waals surface area contributed by atoms with Crippen molar-refractivity contribution in [1.82, 2.24) is 4.98 Å². The van der Waals surface area contributed by atoms with Gasteiger partial charge in [-0.2, -0.15) is 0 Å². The second-order valence-electron chi connectivity index (χ2n) is 6.63. The fourth-order valence-corrected chi connectivity index (χ4v) is 3.58. The Morgan fingerprint density at radius 2 is 1.69 bits per heavy atom. The van der Waals surface area contributed by atoms with Crippen LogP contribution in [0.4, 0.5) is 5.13 Å². The van der Waals surface area contributed by atoms with Gasteiger partial charge in [-0.3, -0.25) is 10.1 Å². The largest absolute Gasteiger partial charge is 0.488 e. The zero-order valence-corrected chi connectivity index (χ0v) is 16.8. The Bertz CT molecular complexity index is 1110. The van der Waals surface area contributed by atoms with Crippen molar-refractivity contribution < 1.29 is 9.53 Å². The molecule has 29 heavy (non-hydrogen) atoms. The quantitative estimate of drug-likeness (QED) is 0.435. The highest BCUT2D eigenvalue weighted by Crippen LogP contribution is 2.27. The first-order valence-electron chi connectivity index (χ1n) is 9.29. The van der Waals surface area contributed by atoms with Gasteiger partial charge < -0.3 is 4.74 Å². The molecule has 0 atom stereocenters. The van der Waals surface area contributed by atoms with Crippen LogP contribution >= 0.6 is 11.3 Å². The number of carbonyl (C=O) groups is 1. The van der Waals surface area contributed by atoms with Crippen molar-refractivity contribution in [2.24, 2.45) is 0 Å². The maximum atomic E-state index is 12.8. The minimum atomic E-state index is -0.238. The Labute approximate surface area is 173 Å². The monoisotopic (exact) mass is 400 g/mol. The molecule has 1 heterocycles. The van der Waals surface area contributed by atoms with Crippen molar-refractivity contribution >= 4 is 22.4 Å². The van der Waals surface area contributed by atoms with E-state index in [0.717, 1.165) is 16.8 Å². The number of hydrogen-bond donors (Lipinski definition) is 1. The summed E-state index contributed by atoms with van der Waals surface area (Å²) in [5.41, 5.74) is 4.60. The minimum absolute atomic E-state index is 0.238. The fourth-order valence-electron chi connectivity index (χ4n) is 2.87. The van der Waals surface area contributed by atoms with Gasteiger partial charge in [0.25, 0.3) is 5.91 Å². The minimum Gasteiger partial charge on any atom is -0.488 e. The van der Waals surface area contributed by atoms with Crippen LogP contribution in [-0.2, 0) is 6.61 Å². The molecular weight excluding hydrogens is 380 g/mol. The second kappa shape index (κ2) is 8.71. The van der Waals surface area contributed by atoms with Gasteiger partial charge in [-0.15, -0.1) is 11.3 Å². The molecule has 0 radical (unpaired) electrons. The molecule has 3 aromatic carbocycles. The summed E-state index contributed by atoms with van der Waals surface area (Å²) in [6.07, 6.45) is 0. The summed E-state index contributed by atoms with van der Waals surface area (Å²) >= 11 is 1.40. The highest BCUT2D eigenvalue weighted by Gasteiger charge is 2.14. The molecular formula is C24H20N2O2S. The van der Waals surface area contributed by atoms with Crippen LogP contribution in [-0.4, -0.2) is 10.9 Å². The van der Waals surface area contributed by atoms with Crippen LogP contribution in [0.25, 0.3) is 11.3 Å². The fraction of sp³-hybridized carbons (Fsp3) is 0.0833. The number of aromatic nitrogens is 1. The van der Waals surface area contributed by atoms with Crippen molar-refractivity contribution in [3.63, 3.8) is 0 Å². The SMILES string of the molecule is Cc1ccc(-c2csc(NC(=O)c3ccccc3OCc3ccccc3)n2)cc1. The standard InChI is InChI=1S/C24H20N2O2S/c1-17-11-13-19(14-12-17)21-16-29-24(25-21)26-23(27)20-9-5-6-10-22(20)28-15-18-7-3-2-4-8-18/h2-14,16H,15H2,1H3,(H,25,26,27). The molecule has 0 saturated heterocycles. The predicted octanol–water partition coefficient (Wildman–Crippen LogP) is 5.95. The summed E-state index contributed by atoms with van der Waals surface area (Å²) < 4.78 is 5.89. The Balaban J connectivity index is 1.47. The number of carbonyl (C=O) groups excluding carboxylic acids is 1. The predicted molar refractivity (Wildman–Crippen MR) is 117 cm³/mol. The summed E-state index contributed by atoms with van der Waals surface area (Å²) in [5, 5.41) is 5.39.